The van der Waals surface area contributed by atoms with Crippen LogP contribution in [0.3, 0.4) is 0 Å². The van der Waals surface area contributed by atoms with E-state index in [2.05, 4.69) is 17.2 Å². The first kappa shape index (κ1) is 34.8. The van der Waals surface area contributed by atoms with Crippen molar-refractivity contribution in [2.45, 2.75) is 70.0 Å². The highest BCUT2D eigenvalue weighted by molar-refractivity contribution is 5.91. The van der Waals surface area contributed by atoms with E-state index >= 15 is 0 Å². The second kappa shape index (κ2) is 16.1. The van der Waals surface area contributed by atoms with Crippen molar-refractivity contribution in [3.8, 4) is 11.5 Å². The van der Waals surface area contributed by atoms with E-state index in [0.717, 1.165) is 36.0 Å². The van der Waals surface area contributed by atoms with E-state index in [1.807, 2.05) is 85.8 Å². The molecule has 0 bridgehead atoms. The maximum atomic E-state index is 13.1. The maximum absolute atomic E-state index is 13.1. The zero-order valence-corrected chi connectivity index (χ0v) is 28.0. The van der Waals surface area contributed by atoms with E-state index in [0.29, 0.717) is 17.9 Å². The van der Waals surface area contributed by atoms with Crippen molar-refractivity contribution in [3.05, 3.63) is 118 Å². The van der Waals surface area contributed by atoms with Crippen LogP contribution in [0.4, 0.5) is 5.82 Å². The minimum Gasteiger partial charge on any atom is -0.497 e. The number of aromatic nitrogens is 2. The second-order valence-corrected chi connectivity index (χ2v) is 12.0. The normalized spacial score (nSPS) is 18.3. The third-order valence-electron chi connectivity index (χ3n) is 9.00. The number of benzene rings is 3. The Morgan fingerprint density at radius 1 is 0.958 bits per heavy atom. The quantitative estimate of drug-likeness (QED) is 0.148. The SMILES string of the molecule is CCCCC(CC)C(=O)Nc1ccn([C@H]2C[C@H](O)[C@@H](COC(c3ccccc3)(c3ccc(OC)cc3)c3ccc(OC)cc3)O2)c(=O)n1. The van der Waals surface area contributed by atoms with Crippen LogP contribution in [0.25, 0.3) is 0 Å². The smallest absolute Gasteiger partial charge is 0.351 e. The number of amides is 1. The van der Waals surface area contributed by atoms with Gasteiger partial charge in [-0.15, -0.1) is 0 Å². The number of methoxy groups -OCH3 is 2. The Kier molecular flexibility index (Phi) is 11.6. The van der Waals surface area contributed by atoms with Crippen LogP contribution in [-0.2, 0) is 19.9 Å². The molecule has 48 heavy (non-hydrogen) atoms. The van der Waals surface area contributed by atoms with Gasteiger partial charge in [0.05, 0.1) is 26.9 Å². The van der Waals surface area contributed by atoms with E-state index in [1.54, 1.807) is 26.5 Å². The lowest BCUT2D eigenvalue weighted by Gasteiger charge is -2.37. The number of carbonyl (C=O) groups excluding carboxylic acids is 1. The Hall–Kier alpha value is -4.51. The monoisotopic (exact) mass is 655 g/mol. The number of rotatable bonds is 15. The van der Waals surface area contributed by atoms with Crippen molar-refractivity contribution >= 4 is 11.7 Å². The summed E-state index contributed by atoms with van der Waals surface area (Å²) in [5.41, 5.74) is 0.904. The summed E-state index contributed by atoms with van der Waals surface area (Å²) in [6, 6.07) is 26.8. The average Bonchev–Trinajstić information content (AvgIpc) is 3.49. The van der Waals surface area contributed by atoms with Gasteiger partial charge in [-0.1, -0.05) is 81.3 Å². The molecular formula is C38H45N3O7. The summed E-state index contributed by atoms with van der Waals surface area (Å²) in [4.78, 5) is 30.0. The zero-order chi connectivity index (χ0) is 34.1. The van der Waals surface area contributed by atoms with E-state index < -0.39 is 29.7 Å². The van der Waals surface area contributed by atoms with Crippen molar-refractivity contribution in [2.24, 2.45) is 5.92 Å². The van der Waals surface area contributed by atoms with Gasteiger partial charge < -0.3 is 29.4 Å². The molecule has 0 saturated carbocycles. The summed E-state index contributed by atoms with van der Waals surface area (Å²) in [5, 5.41) is 13.9. The number of aliphatic hydroxyl groups is 1. The van der Waals surface area contributed by atoms with Crippen molar-refractivity contribution in [1.82, 2.24) is 9.55 Å². The summed E-state index contributed by atoms with van der Waals surface area (Å²) >= 11 is 0. The largest absolute Gasteiger partial charge is 0.497 e. The molecule has 0 aliphatic carbocycles. The van der Waals surface area contributed by atoms with Crippen LogP contribution >= 0.6 is 0 Å². The first-order valence-corrected chi connectivity index (χ1v) is 16.5. The van der Waals surface area contributed by atoms with Crippen LogP contribution in [0, 0.1) is 5.92 Å². The fourth-order valence-corrected chi connectivity index (χ4v) is 6.22. The highest BCUT2D eigenvalue weighted by Crippen LogP contribution is 2.42. The van der Waals surface area contributed by atoms with Crippen molar-refractivity contribution in [3.63, 3.8) is 0 Å². The lowest BCUT2D eigenvalue weighted by atomic mass is 9.80. The molecule has 254 valence electrons. The van der Waals surface area contributed by atoms with E-state index in [-0.39, 0.29) is 30.7 Å². The molecule has 0 radical (unpaired) electrons. The number of hydrogen-bond acceptors (Lipinski definition) is 8. The molecule has 1 saturated heterocycles. The number of anilines is 1. The second-order valence-electron chi connectivity index (χ2n) is 12.0. The van der Waals surface area contributed by atoms with Crippen LogP contribution < -0.4 is 20.5 Å². The standard InChI is InChI=1S/C38H45N3O7/c1-5-7-11-26(6-2)36(43)39-34-22-23-41(37(44)40-34)35-24-32(42)33(48-35)25-47-38(27-12-9-8-10-13-27,28-14-18-30(45-3)19-15-28)29-16-20-31(46-4)21-17-29/h8-10,12-23,26,32-33,35,42H,5-7,11,24-25H2,1-4H3,(H,39,40,43,44)/t26?,32-,33+,35+/m0/s1. The van der Waals surface area contributed by atoms with Crippen molar-refractivity contribution in [2.75, 3.05) is 26.1 Å². The molecule has 5 rings (SSSR count). The minimum absolute atomic E-state index is 0.0110. The summed E-state index contributed by atoms with van der Waals surface area (Å²) < 4.78 is 25.4. The predicted octanol–water partition coefficient (Wildman–Crippen LogP) is 6.07. The average molecular weight is 656 g/mol. The Morgan fingerprint density at radius 2 is 1.56 bits per heavy atom. The summed E-state index contributed by atoms with van der Waals surface area (Å²) in [7, 11) is 3.24. The molecule has 1 aromatic heterocycles. The van der Waals surface area contributed by atoms with E-state index in [9.17, 15) is 14.7 Å². The summed E-state index contributed by atoms with van der Waals surface area (Å²) in [6.07, 6.45) is 2.75. The van der Waals surface area contributed by atoms with Gasteiger partial charge in [0.15, 0.2) is 0 Å². The Bertz CT molecular complexity index is 1630. The zero-order valence-electron chi connectivity index (χ0n) is 28.0. The van der Waals surface area contributed by atoms with Crippen molar-refractivity contribution < 1.29 is 28.8 Å². The topological polar surface area (TPSA) is 121 Å². The van der Waals surface area contributed by atoms with Crippen LogP contribution in [-0.4, -0.2) is 53.6 Å². The number of nitrogens with one attached hydrogen (secondary N) is 1. The molecule has 10 nitrogen and oxygen atoms in total. The first-order valence-electron chi connectivity index (χ1n) is 16.5. The van der Waals surface area contributed by atoms with Gasteiger partial charge in [-0.2, -0.15) is 4.98 Å². The molecule has 3 aromatic carbocycles. The Balaban J connectivity index is 1.39. The van der Waals surface area contributed by atoms with Gasteiger partial charge in [0.25, 0.3) is 0 Å². The molecule has 10 heteroatoms. The molecule has 2 heterocycles. The van der Waals surface area contributed by atoms with Crippen LogP contribution in [0.15, 0.2) is 95.9 Å². The third kappa shape index (κ3) is 7.62. The lowest BCUT2D eigenvalue weighted by Crippen LogP contribution is -2.38. The molecule has 1 aliphatic heterocycles. The van der Waals surface area contributed by atoms with Gasteiger partial charge in [-0.3, -0.25) is 9.36 Å². The molecule has 0 spiro atoms. The van der Waals surface area contributed by atoms with Gasteiger partial charge >= 0.3 is 5.69 Å². The van der Waals surface area contributed by atoms with Gasteiger partial charge in [0, 0.05) is 18.5 Å². The minimum atomic E-state index is -1.09. The molecule has 1 unspecified atom stereocenters. The van der Waals surface area contributed by atoms with Crippen LogP contribution in [0.2, 0.25) is 0 Å². The van der Waals surface area contributed by atoms with Crippen molar-refractivity contribution in [1.29, 1.82) is 0 Å². The number of unbranched alkanes of at least 4 members (excludes halogenated alkanes) is 1. The van der Waals surface area contributed by atoms with E-state index in [4.69, 9.17) is 18.9 Å². The highest BCUT2D eigenvalue weighted by atomic mass is 16.6. The number of carbonyl (C=O) groups is 1. The van der Waals surface area contributed by atoms with E-state index in [1.165, 1.54) is 4.57 Å². The number of nitrogens with zero attached hydrogens (tertiary/aromatic N) is 2. The highest BCUT2D eigenvalue weighted by Gasteiger charge is 2.42. The van der Waals surface area contributed by atoms with Gasteiger partial charge in [0.1, 0.15) is 35.2 Å². The van der Waals surface area contributed by atoms with Gasteiger partial charge in [0.2, 0.25) is 5.91 Å². The fourth-order valence-electron chi connectivity index (χ4n) is 6.22. The predicted molar refractivity (Wildman–Crippen MR) is 183 cm³/mol. The molecule has 1 fully saturated rings. The molecule has 4 aromatic rings. The molecule has 1 aliphatic rings. The lowest BCUT2D eigenvalue weighted by molar-refractivity contribution is -0.120. The van der Waals surface area contributed by atoms with Gasteiger partial charge in [-0.05, 0) is 59.9 Å². The number of aliphatic hydroxyl groups excluding tert-OH is 1. The molecule has 1 amide bonds. The summed E-state index contributed by atoms with van der Waals surface area (Å²) in [6.45, 7) is 4.08. The molecule has 2 N–H and O–H groups in total. The molecule has 4 atom stereocenters. The summed E-state index contributed by atoms with van der Waals surface area (Å²) in [5.74, 6) is 1.33. The molecular weight excluding hydrogens is 610 g/mol. The Morgan fingerprint density at radius 3 is 2.10 bits per heavy atom. The third-order valence-corrected chi connectivity index (χ3v) is 9.00. The van der Waals surface area contributed by atoms with Crippen LogP contribution in [0.5, 0.6) is 11.5 Å². The first-order chi connectivity index (χ1) is 23.3. The Labute approximate surface area is 281 Å². The number of hydrogen-bond donors (Lipinski definition) is 2. The van der Waals surface area contributed by atoms with Crippen LogP contribution in [0.1, 0.15) is 68.9 Å². The fraction of sp³-hybridized carbons (Fsp3) is 0.395. The maximum Gasteiger partial charge on any atom is 0.351 e. The number of ether oxygens (including phenoxy) is 4. The van der Waals surface area contributed by atoms with Gasteiger partial charge in [-0.25, -0.2) is 4.79 Å².